The Labute approximate surface area is 143 Å². The molecular weight excluding hydrogens is 316 g/mol. The highest BCUT2D eigenvalue weighted by Gasteiger charge is 2.15. The van der Waals surface area contributed by atoms with Gasteiger partial charge in [-0.15, -0.1) is 0 Å². The van der Waals surface area contributed by atoms with Gasteiger partial charge in [0.2, 0.25) is 0 Å². The molecule has 0 aliphatic heterocycles. The van der Waals surface area contributed by atoms with Crippen LogP contribution in [-0.4, -0.2) is 30.9 Å². The van der Waals surface area contributed by atoms with Gasteiger partial charge in [-0.25, -0.2) is 4.79 Å². The number of amides is 1. The summed E-state index contributed by atoms with van der Waals surface area (Å²) < 4.78 is 10.7. The molecule has 23 heavy (non-hydrogen) atoms. The van der Waals surface area contributed by atoms with Gasteiger partial charge in [0.15, 0.2) is 0 Å². The fourth-order valence-corrected chi connectivity index (χ4v) is 2.01. The van der Waals surface area contributed by atoms with Crippen molar-refractivity contribution in [2.45, 2.75) is 52.7 Å². The van der Waals surface area contributed by atoms with Crippen LogP contribution in [0.1, 0.15) is 41.0 Å². The van der Waals surface area contributed by atoms with Gasteiger partial charge in [0.25, 0.3) is 0 Å². The van der Waals surface area contributed by atoms with Gasteiger partial charge in [0, 0.05) is 18.8 Å². The number of carbonyl (C=O) groups is 1. The Morgan fingerprint density at radius 2 is 1.96 bits per heavy atom. The van der Waals surface area contributed by atoms with Gasteiger partial charge in [0.05, 0.1) is 11.1 Å². The number of alkyl carbamates (subject to hydrolysis) is 1. The second-order valence-corrected chi connectivity index (χ2v) is 6.93. The zero-order valence-corrected chi connectivity index (χ0v) is 15.3. The van der Waals surface area contributed by atoms with Crippen molar-refractivity contribution in [1.82, 2.24) is 5.32 Å². The number of hydrogen-bond donors (Lipinski definition) is 2. The van der Waals surface area contributed by atoms with E-state index in [2.05, 4.69) is 10.6 Å². The lowest BCUT2D eigenvalue weighted by atomic mass is 10.2. The molecule has 0 aliphatic rings. The van der Waals surface area contributed by atoms with Gasteiger partial charge in [-0.3, -0.25) is 0 Å². The molecule has 0 heterocycles. The highest BCUT2D eigenvalue weighted by atomic mass is 35.5. The molecule has 6 heteroatoms. The second-order valence-electron chi connectivity index (χ2n) is 6.52. The summed E-state index contributed by atoms with van der Waals surface area (Å²) >= 11 is 6.18. The zero-order valence-electron chi connectivity index (χ0n) is 14.5. The molecule has 0 fully saturated rings. The van der Waals surface area contributed by atoms with Gasteiger partial charge < -0.3 is 20.1 Å². The molecule has 0 saturated heterocycles. The Morgan fingerprint density at radius 3 is 2.52 bits per heavy atom. The quantitative estimate of drug-likeness (QED) is 0.718. The molecule has 1 rings (SSSR count). The van der Waals surface area contributed by atoms with E-state index >= 15 is 0 Å². The molecule has 5 nitrogen and oxygen atoms in total. The SMILES string of the molecule is CC(C)Oc1ccc(NCCCNC(=O)OC(C)(C)C)cc1Cl. The Kier molecular flexibility index (Phi) is 7.49. The van der Waals surface area contributed by atoms with Crippen LogP contribution in [0.15, 0.2) is 18.2 Å². The summed E-state index contributed by atoms with van der Waals surface area (Å²) in [6.45, 7) is 10.7. The number of carbonyl (C=O) groups excluding carboxylic acids is 1. The molecule has 0 saturated carbocycles. The number of ether oxygens (including phenoxy) is 2. The molecule has 0 spiro atoms. The molecule has 0 bridgehead atoms. The van der Waals surface area contributed by atoms with E-state index in [1.807, 2.05) is 52.8 Å². The lowest BCUT2D eigenvalue weighted by molar-refractivity contribution is 0.0528. The Bertz CT molecular complexity index is 513. The van der Waals surface area contributed by atoms with E-state index in [0.717, 1.165) is 18.7 Å². The van der Waals surface area contributed by atoms with Crippen LogP contribution in [0, 0.1) is 0 Å². The van der Waals surface area contributed by atoms with E-state index < -0.39 is 11.7 Å². The normalized spacial score (nSPS) is 11.3. The summed E-state index contributed by atoms with van der Waals surface area (Å²) in [7, 11) is 0. The van der Waals surface area contributed by atoms with Gasteiger partial charge in [-0.05, 0) is 59.2 Å². The molecule has 0 aliphatic carbocycles. The van der Waals surface area contributed by atoms with Crippen LogP contribution in [0.4, 0.5) is 10.5 Å². The number of benzene rings is 1. The summed E-state index contributed by atoms with van der Waals surface area (Å²) in [5, 5.41) is 6.56. The molecule has 1 amide bonds. The largest absolute Gasteiger partial charge is 0.489 e. The third-order valence-electron chi connectivity index (χ3n) is 2.65. The molecule has 1 aromatic carbocycles. The first-order valence-corrected chi connectivity index (χ1v) is 8.22. The molecule has 0 aromatic heterocycles. The first kappa shape index (κ1) is 19.4. The Balaban J connectivity index is 2.28. The van der Waals surface area contributed by atoms with Gasteiger partial charge >= 0.3 is 6.09 Å². The van der Waals surface area contributed by atoms with E-state index in [0.29, 0.717) is 17.3 Å². The Hall–Kier alpha value is -1.62. The van der Waals surface area contributed by atoms with Crippen molar-refractivity contribution in [3.05, 3.63) is 23.2 Å². The second kappa shape index (κ2) is 8.87. The minimum Gasteiger partial charge on any atom is -0.489 e. The lowest BCUT2D eigenvalue weighted by Crippen LogP contribution is -2.33. The monoisotopic (exact) mass is 342 g/mol. The van der Waals surface area contributed by atoms with E-state index in [1.165, 1.54) is 0 Å². The highest BCUT2D eigenvalue weighted by molar-refractivity contribution is 6.32. The fraction of sp³-hybridized carbons (Fsp3) is 0.588. The van der Waals surface area contributed by atoms with Crippen molar-refractivity contribution in [3.8, 4) is 5.75 Å². The summed E-state index contributed by atoms with van der Waals surface area (Å²) in [6.07, 6.45) is 0.474. The number of anilines is 1. The van der Waals surface area contributed by atoms with Crippen LogP contribution in [0.25, 0.3) is 0 Å². The van der Waals surface area contributed by atoms with Gasteiger partial charge in [-0.2, -0.15) is 0 Å². The van der Waals surface area contributed by atoms with Crippen LogP contribution in [-0.2, 0) is 4.74 Å². The molecule has 1 aromatic rings. The number of hydrogen-bond acceptors (Lipinski definition) is 4. The van der Waals surface area contributed by atoms with Crippen LogP contribution in [0.2, 0.25) is 5.02 Å². The zero-order chi connectivity index (χ0) is 17.5. The summed E-state index contributed by atoms with van der Waals surface area (Å²) in [4.78, 5) is 11.5. The lowest BCUT2D eigenvalue weighted by Gasteiger charge is -2.19. The molecular formula is C17H27ClN2O3. The first-order chi connectivity index (χ1) is 10.7. The average molecular weight is 343 g/mol. The first-order valence-electron chi connectivity index (χ1n) is 7.84. The fourth-order valence-electron chi connectivity index (χ4n) is 1.79. The molecule has 2 N–H and O–H groups in total. The summed E-state index contributed by atoms with van der Waals surface area (Å²) in [5.41, 5.74) is 0.446. The predicted molar refractivity (Wildman–Crippen MR) is 94.6 cm³/mol. The number of nitrogens with one attached hydrogen (secondary N) is 2. The molecule has 0 atom stereocenters. The molecule has 0 unspecified atom stereocenters. The van der Waals surface area contributed by atoms with Crippen molar-refractivity contribution < 1.29 is 14.3 Å². The maximum Gasteiger partial charge on any atom is 0.407 e. The van der Waals surface area contributed by atoms with Crippen LogP contribution in [0.3, 0.4) is 0 Å². The standard InChI is InChI=1S/C17H27ClN2O3/c1-12(2)22-15-8-7-13(11-14(15)18)19-9-6-10-20-16(21)23-17(3,4)5/h7-8,11-12,19H,6,9-10H2,1-5H3,(H,20,21). The maximum absolute atomic E-state index is 11.5. The van der Waals surface area contributed by atoms with Crippen molar-refractivity contribution >= 4 is 23.4 Å². The van der Waals surface area contributed by atoms with Crippen LogP contribution in [0.5, 0.6) is 5.75 Å². The average Bonchev–Trinajstić information content (AvgIpc) is 2.39. The van der Waals surface area contributed by atoms with Crippen molar-refractivity contribution in [2.24, 2.45) is 0 Å². The third-order valence-corrected chi connectivity index (χ3v) is 2.94. The van der Waals surface area contributed by atoms with Crippen LogP contribution < -0.4 is 15.4 Å². The minimum atomic E-state index is -0.473. The van der Waals surface area contributed by atoms with E-state index in [-0.39, 0.29) is 6.10 Å². The van der Waals surface area contributed by atoms with Gasteiger partial charge in [0.1, 0.15) is 11.4 Å². The number of halogens is 1. The topological polar surface area (TPSA) is 59.6 Å². The number of rotatable bonds is 7. The summed E-state index contributed by atoms with van der Waals surface area (Å²) in [6, 6.07) is 5.61. The minimum absolute atomic E-state index is 0.0882. The maximum atomic E-state index is 11.5. The van der Waals surface area contributed by atoms with Crippen molar-refractivity contribution in [3.63, 3.8) is 0 Å². The Morgan fingerprint density at radius 1 is 1.26 bits per heavy atom. The van der Waals surface area contributed by atoms with Crippen LogP contribution >= 0.6 is 11.6 Å². The van der Waals surface area contributed by atoms with E-state index in [9.17, 15) is 4.79 Å². The molecule has 0 radical (unpaired) electrons. The predicted octanol–water partition coefficient (Wildman–Crippen LogP) is 4.45. The van der Waals surface area contributed by atoms with Crippen molar-refractivity contribution in [1.29, 1.82) is 0 Å². The van der Waals surface area contributed by atoms with Gasteiger partial charge in [-0.1, -0.05) is 11.6 Å². The summed E-state index contributed by atoms with van der Waals surface area (Å²) in [5.74, 6) is 0.679. The van der Waals surface area contributed by atoms with Crippen molar-refractivity contribution in [2.75, 3.05) is 18.4 Å². The highest BCUT2D eigenvalue weighted by Crippen LogP contribution is 2.28. The molecule has 130 valence electrons. The third kappa shape index (κ3) is 8.55. The van der Waals surface area contributed by atoms with E-state index in [1.54, 1.807) is 0 Å². The van der Waals surface area contributed by atoms with E-state index in [4.69, 9.17) is 21.1 Å². The smallest absolute Gasteiger partial charge is 0.407 e.